The Bertz CT molecular complexity index is 780. The molecule has 1 amide bonds. The topological polar surface area (TPSA) is 62.5 Å². The van der Waals surface area contributed by atoms with E-state index in [1.165, 1.54) is 5.56 Å². The molecule has 0 bridgehead atoms. The van der Waals surface area contributed by atoms with E-state index in [0.717, 1.165) is 50.3 Å². The molecule has 1 saturated heterocycles. The molecule has 0 unspecified atom stereocenters. The van der Waals surface area contributed by atoms with Crippen LogP contribution in [0.3, 0.4) is 0 Å². The number of benzene rings is 1. The molecule has 4 rings (SSSR count). The number of likely N-dealkylation sites (tertiary alicyclic amines) is 1. The first-order valence-electron chi connectivity index (χ1n) is 9.51. The summed E-state index contributed by atoms with van der Waals surface area (Å²) in [5, 5.41) is 4.00. The third-order valence-electron chi connectivity index (χ3n) is 5.58. The Morgan fingerprint density at radius 2 is 2.04 bits per heavy atom. The number of carbonyl (C=O) groups is 1. The average molecular weight is 354 g/mol. The van der Waals surface area contributed by atoms with Crippen molar-refractivity contribution < 1.29 is 9.32 Å². The molecule has 2 aliphatic rings. The first kappa shape index (κ1) is 17.2. The van der Waals surface area contributed by atoms with Crippen molar-refractivity contribution in [3.05, 3.63) is 41.5 Å². The van der Waals surface area contributed by atoms with Crippen molar-refractivity contribution in [2.24, 2.45) is 5.92 Å². The normalized spacial score (nSPS) is 21.2. The number of carbonyl (C=O) groups excluding carboxylic acids is 1. The van der Waals surface area contributed by atoms with E-state index in [4.69, 9.17) is 4.52 Å². The van der Waals surface area contributed by atoms with E-state index < -0.39 is 0 Å². The lowest BCUT2D eigenvalue weighted by molar-refractivity contribution is -0.120. The summed E-state index contributed by atoms with van der Waals surface area (Å²) >= 11 is 0. The highest BCUT2D eigenvalue weighted by molar-refractivity contribution is 5.97. The molecule has 0 aliphatic carbocycles. The van der Waals surface area contributed by atoms with Gasteiger partial charge in [0, 0.05) is 25.1 Å². The van der Waals surface area contributed by atoms with Crippen LogP contribution >= 0.6 is 0 Å². The van der Waals surface area contributed by atoms with Crippen LogP contribution in [0.2, 0.25) is 0 Å². The number of amides is 1. The fourth-order valence-corrected chi connectivity index (χ4v) is 4.24. The van der Waals surface area contributed by atoms with Gasteiger partial charge in [-0.3, -0.25) is 9.69 Å². The number of hydrogen-bond acceptors (Lipinski definition) is 5. The van der Waals surface area contributed by atoms with Crippen molar-refractivity contribution in [2.45, 2.75) is 45.6 Å². The Labute approximate surface area is 154 Å². The van der Waals surface area contributed by atoms with Crippen LogP contribution in [-0.4, -0.2) is 46.6 Å². The van der Waals surface area contributed by atoms with Gasteiger partial charge >= 0.3 is 0 Å². The van der Waals surface area contributed by atoms with Crippen molar-refractivity contribution >= 4 is 11.6 Å². The van der Waals surface area contributed by atoms with E-state index in [1.807, 2.05) is 17.9 Å². The lowest BCUT2D eigenvalue weighted by atomic mass is 9.93. The van der Waals surface area contributed by atoms with E-state index in [1.54, 1.807) is 0 Å². The van der Waals surface area contributed by atoms with Crippen molar-refractivity contribution in [3.8, 4) is 0 Å². The van der Waals surface area contributed by atoms with Gasteiger partial charge < -0.3 is 9.42 Å². The van der Waals surface area contributed by atoms with Gasteiger partial charge in [0.15, 0.2) is 5.82 Å². The Morgan fingerprint density at radius 3 is 2.77 bits per heavy atom. The molecule has 2 aliphatic heterocycles. The Kier molecular flexibility index (Phi) is 4.76. The average Bonchev–Trinajstić information content (AvgIpc) is 3.18. The van der Waals surface area contributed by atoms with Gasteiger partial charge in [0.05, 0.1) is 6.54 Å². The third kappa shape index (κ3) is 3.51. The minimum Gasteiger partial charge on any atom is -0.340 e. The molecular weight excluding hydrogens is 328 g/mol. The zero-order valence-electron chi connectivity index (χ0n) is 15.5. The number of aromatic nitrogens is 2. The van der Waals surface area contributed by atoms with Crippen molar-refractivity contribution in [1.29, 1.82) is 0 Å². The highest BCUT2D eigenvalue weighted by atomic mass is 16.5. The predicted octanol–water partition coefficient (Wildman–Crippen LogP) is 2.61. The maximum absolute atomic E-state index is 12.9. The fraction of sp³-hybridized carbons (Fsp3) is 0.550. The van der Waals surface area contributed by atoms with E-state index in [-0.39, 0.29) is 11.9 Å². The quantitative estimate of drug-likeness (QED) is 0.845. The minimum atomic E-state index is 0.217. The summed E-state index contributed by atoms with van der Waals surface area (Å²) in [6.45, 7) is 6.38. The number of nitrogens with zero attached hydrogens (tertiary/aromatic N) is 4. The van der Waals surface area contributed by atoms with Gasteiger partial charge in [-0.05, 0) is 56.8 Å². The highest BCUT2D eigenvalue weighted by Gasteiger charge is 2.32. The zero-order chi connectivity index (χ0) is 18.1. The van der Waals surface area contributed by atoms with Gasteiger partial charge in [0.2, 0.25) is 11.8 Å². The van der Waals surface area contributed by atoms with Crippen molar-refractivity contribution in [1.82, 2.24) is 15.0 Å². The number of aryl methyl sites for hydroxylation is 1. The number of para-hydroxylation sites is 1. The third-order valence-corrected chi connectivity index (χ3v) is 5.58. The number of anilines is 1. The summed E-state index contributed by atoms with van der Waals surface area (Å²) in [5.41, 5.74) is 2.37. The maximum Gasteiger partial charge on any atom is 0.241 e. The molecule has 2 aromatic rings. The van der Waals surface area contributed by atoms with Crippen LogP contribution < -0.4 is 4.90 Å². The molecule has 0 saturated carbocycles. The van der Waals surface area contributed by atoms with Gasteiger partial charge in [-0.2, -0.15) is 4.98 Å². The fourth-order valence-electron chi connectivity index (χ4n) is 4.24. The van der Waals surface area contributed by atoms with Crippen LogP contribution in [0.25, 0.3) is 0 Å². The molecule has 6 nitrogen and oxygen atoms in total. The summed E-state index contributed by atoms with van der Waals surface area (Å²) < 4.78 is 5.05. The maximum atomic E-state index is 12.9. The molecule has 0 N–H and O–H groups in total. The van der Waals surface area contributed by atoms with Gasteiger partial charge in [0.25, 0.3) is 0 Å². The summed E-state index contributed by atoms with van der Waals surface area (Å²) in [5.74, 6) is 2.22. The van der Waals surface area contributed by atoms with Gasteiger partial charge in [-0.1, -0.05) is 23.4 Å². The molecule has 1 aromatic carbocycles. The summed E-state index contributed by atoms with van der Waals surface area (Å²) in [4.78, 5) is 21.5. The molecule has 1 fully saturated rings. The summed E-state index contributed by atoms with van der Waals surface area (Å²) in [7, 11) is 0. The molecule has 6 heteroatoms. The first-order chi connectivity index (χ1) is 12.6. The van der Waals surface area contributed by atoms with E-state index in [0.29, 0.717) is 18.4 Å². The molecule has 1 atom stereocenters. The SMILES string of the molecule is Cc1nc(CC2CCN(CC(=O)N3c4ccccc4C[C@H]3C)CC2)no1. The Morgan fingerprint density at radius 1 is 1.27 bits per heavy atom. The standard InChI is InChI=1S/C20H26N4O2/c1-14-11-17-5-3-4-6-18(17)24(14)20(25)13-23-9-7-16(8-10-23)12-19-21-15(2)26-22-19/h3-6,14,16H,7-13H2,1-2H3/t14-/m1/s1. The van der Waals surface area contributed by atoms with Crippen LogP contribution in [0.1, 0.15) is 37.0 Å². The van der Waals surface area contributed by atoms with Gasteiger partial charge in [-0.25, -0.2) is 0 Å². The molecule has 26 heavy (non-hydrogen) atoms. The van der Waals surface area contributed by atoms with E-state index >= 15 is 0 Å². The number of rotatable bonds is 4. The summed E-state index contributed by atoms with van der Waals surface area (Å²) in [6.07, 6.45) is 3.98. The van der Waals surface area contributed by atoms with E-state index in [2.05, 4.69) is 40.2 Å². The second kappa shape index (κ2) is 7.19. The molecule has 1 aromatic heterocycles. The van der Waals surface area contributed by atoms with Crippen LogP contribution in [0.5, 0.6) is 0 Å². The molecule has 3 heterocycles. The number of fused-ring (bicyclic) bond motifs is 1. The van der Waals surface area contributed by atoms with E-state index in [9.17, 15) is 4.79 Å². The molecule has 0 radical (unpaired) electrons. The largest absolute Gasteiger partial charge is 0.340 e. The molecule has 138 valence electrons. The van der Waals surface area contributed by atoms with Crippen LogP contribution in [0.15, 0.2) is 28.8 Å². The lowest BCUT2D eigenvalue weighted by Crippen LogP contribution is -2.45. The molecule has 0 spiro atoms. The van der Waals surface area contributed by atoms with Gasteiger partial charge in [0.1, 0.15) is 0 Å². The van der Waals surface area contributed by atoms with Crippen LogP contribution in [-0.2, 0) is 17.6 Å². The first-order valence-corrected chi connectivity index (χ1v) is 9.51. The monoisotopic (exact) mass is 354 g/mol. The zero-order valence-corrected chi connectivity index (χ0v) is 15.5. The summed E-state index contributed by atoms with van der Waals surface area (Å²) in [6, 6.07) is 8.51. The Hall–Kier alpha value is -2.21. The molecular formula is C20H26N4O2. The van der Waals surface area contributed by atoms with Gasteiger partial charge in [-0.15, -0.1) is 0 Å². The van der Waals surface area contributed by atoms with Crippen LogP contribution in [0, 0.1) is 12.8 Å². The number of hydrogen-bond donors (Lipinski definition) is 0. The Balaban J connectivity index is 1.31. The van der Waals surface area contributed by atoms with Crippen molar-refractivity contribution in [2.75, 3.05) is 24.5 Å². The second-order valence-corrected chi connectivity index (χ2v) is 7.60. The minimum absolute atomic E-state index is 0.217. The van der Waals surface area contributed by atoms with Crippen LogP contribution in [0.4, 0.5) is 5.69 Å². The number of piperidine rings is 1. The smallest absolute Gasteiger partial charge is 0.241 e. The highest BCUT2D eigenvalue weighted by Crippen LogP contribution is 2.32. The lowest BCUT2D eigenvalue weighted by Gasteiger charge is -2.33. The van der Waals surface area contributed by atoms with Crippen molar-refractivity contribution in [3.63, 3.8) is 0 Å². The second-order valence-electron chi connectivity index (χ2n) is 7.60. The predicted molar refractivity (Wildman–Crippen MR) is 99.0 cm³/mol.